The van der Waals surface area contributed by atoms with Crippen LogP contribution in [-0.4, -0.2) is 30.4 Å². The summed E-state index contributed by atoms with van der Waals surface area (Å²) in [6.07, 6.45) is -4.39. The second-order valence-corrected chi connectivity index (χ2v) is 4.10. The van der Waals surface area contributed by atoms with Crippen LogP contribution in [0.1, 0.15) is 11.1 Å². The lowest BCUT2D eigenvalue weighted by Gasteiger charge is -2.16. The van der Waals surface area contributed by atoms with E-state index in [-0.39, 0.29) is 24.6 Å². The van der Waals surface area contributed by atoms with E-state index in [1.165, 1.54) is 30.1 Å². The highest BCUT2D eigenvalue weighted by molar-refractivity contribution is 6.02. The average molecular weight is 271 g/mol. The molecular weight excluding hydrogens is 259 g/mol. The summed E-state index contributed by atoms with van der Waals surface area (Å²) in [4.78, 5) is 16.4. The second kappa shape index (κ2) is 4.91. The first-order valence-electron chi connectivity index (χ1n) is 5.59. The fourth-order valence-corrected chi connectivity index (χ4v) is 1.77. The van der Waals surface area contributed by atoms with E-state index in [2.05, 4.69) is 10.3 Å². The number of nitrogens with zero attached hydrogens (tertiary/aromatic N) is 2. The highest BCUT2D eigenvalue weighted by atomic mass is 19.4. The molecule has 1 heterocycles. The molecule has 7 heteroatoms. The molecule has 0 saturated heterocycles. The van der Waals surface area contributed by atoms with E-state index < -0.39 is 11.7 Å². The minimum Gasteiger partial charge on any atom is -0.352 e. The highest BCUT2D eigenvalue weighted by Gasteiger charge is 2.33. The summed E-state index contributed by atoms with van der Waals surface area (Å²) in [6.45, 7) is -0.00805. The summed E-state index contributed by atoms with van der Waals surface area (Å²) in [5.74, 6) is 0.105. The van der Waals surface area contributed by atoms with E-state index in [4.69, 9.17) is 0 Å². The smallest absolute Gasteiger partial charge is 0.352 e. The molecule has 2 rings (SSSR count). The minimum atomic E-state index is -4.39. The molecule has 1 aromatic rings. The Morgan fingerprint density at radius 1 is 1.37 bits per heavy atom. The lowest BCUT2D eigenvalue weighted by molar-refractivity contribution is -0.138. The maximum Gasteiger partial charge on any atom is 0.416 e. The average Bonchev–Trinajstić information content (AvgIpc) is 2.67. The van der Waals surface area contributed by atoms with Crippen LogP contribution < -0.4 is 5.32 Å². The number of halogens is 3. The van der Waals surface area contributed by atoms with Gasteiger partial charge in [-0.15, -0.1) is 0 Å². The number of hydrogen-bond donors (Lipinski definition) is 1. The van der Waals surface area contributed by atoms with Gasteiger partial charge >= 0.3 is 6.18 Å². The zero-order valence-corrected chi connectivity index (χ0v) is 10.2. The van der Waals surface area contributed by atoms with Crippen LogP contribution in [0.25, 0.3) is 0 Å². The van der Waals surface area contributed by atoms with Gasteiger partial charge in [0, 0.05) is 13.6 Å². The molecule has 0 bridgehead atoms. The monoisotopic (exact) mass is 271 g/mol. The number of benzene rings is 1. The normalized spacial score (nSPS) is 15.7. The van der Waals surface area contributed by atoms with E-state index >= 15 is 0 Å². The van der Waals surface area contributed by atoms with Crippen molar-refractivity contribution in [3.63, 3.8) is 0 Å². The number of carbonyl (C=O) groups is 1. The largest absolute Gasteiger partial charge is 0.416 e. The number of likely N-dealkylation sites (N-methyl/N-ethyl adjacent to an activating group) is 1. The third-order valence-electron chi connectivity index (χ3n) is 2.82. The topological polar surface area (TPSA) is 44.7 Å². The molecule has 1 aliphatic rings. The third kappa shape index (κ3) is 2.86. The number of aliphatic imine (C=N–C) groups is 1. The van der Waals surface area contributed by atoms with Gasteiger partial charge in [-0.05, 0) is 11.6 Å². The molecule has 19 heavy (non-hydrogen) atoms. The highest BCUT2D eigenvalue weighted by Crippen LogP contribution is 2.31. The Bertz CT molecular complexity index is 525. The van der Waals surface area contributed by atoms with Crippen LogP contribution in [-0.2, 0) is 17.5 Å². The standard InChI is InChI=1S/C12H12F3N3O/c1-18-10(19)7-17-11(18)16-6-8-4-2-3-5-9(8)12(13,14)15/h2-5H,6-7H2,1H3,(H,16,17). The predicted molar refractivity (Wildman–Crippen MR) is 63.4 cm³/mol. The molecule has 0 saturated carbocycles. The van der Waals surface area contributed by atoms with E-state index in [1.807, 2.05) is 0 Å². The molecule has 4 nitrogen and oxygen atoms in total. The summed E-state index contributed by atoms with van der Waals surface area (Å²) >= 11 is 0. The molecule has 1 amide bonds. The Labute approximate surface area is 107 Å². The molecule has 102 valence electrons. The number of hydrogen-bond acceptors (Lipinski definition) is 3. The Morgan fingerprint density at radius 3 is 2.63 bits per heavy atom. The Kier molecular flexibility index (Phi) is 3.46. The van der Waals surface area contributed by atoms with Crippen molar-refractivity contribution in [3.8, 4) is 0 Å². The first-order valence-corrected chi connectivity index (χ1v) is 5.59. The number of carbonyl (C=O) groups excluding carboxylic acids is 1. The van der Waals surface area contributed by atoms with Crippen LogP contribution in [0.5, 0.6) is 0 Å². The van der Waals surface area contributed by atoms with Gasteiger partial charge in [0.25, 0.3) is 5.91 Å². The summed E-state index contributed by atoms with van der Waals surface area (Å²) in [7, 11) is 1.52. The second-order valence-electron chi connectivity index (χ2n) is 4.10. The quantitative estimate of drug-likeness (QED) is 0.888. The van der Waals surface area contributed by atoms with Gasteiger partial charge in [0.05, 0.1) is 5.56 Å². The molecule has 1 aromatic carbocycles. The van der Waals surface area contributed by atoms with Crippen molar-refractivity contribution < 1.29 is 18.0 Å². The van der Waals surface area contributed by atoms with Gasteiger partial charge in [0.2, 0.25) is 5.96 Å². The molecule has 0 aromatic heterocycles. The van der Waals surface area contributed by atoms with E-state index in [1.54, 1.807) is 0 Å². The van der Waals surface area contributed by atoms with Crippen molar-refractivity contribution in [1.82, 2.24) is 10.2 Å². The first-order chi connectivity index (χ1) is 8.89. The van der Waals surface area contributed by atoms with Crippen LogP contribution in [0.3, 0.4) is 0 Å². The zero-order valence-electron chi connectivity index (χ0n) is 10.2. The number of nitrogens with one attached hydrogen (secondary N) is 1. The molecule has 0 atom stereocenters. The lowest BCUT2D eigenvalue weighted by Crippen LogP contribution is -2.38. The molecular formula is C12H12F3N3O. The predicted octanol–water partition coefficient (Wildman–Crippen LogP) is 1.62. The molecule has 0 aliphatic carbocycles. The molecule has 0 spiro atoms. The Morgan fingerprint density at radius 2 is 2.05 bits per heavy atom. The van der Waals surface area contributed by atoms with Crippen LogP contribution in [0, 0.1) is 0 Å². The fraction of sp³-hybridized carbons (Fsp3) is 0.333. The van der Waals surface area contributed by atoms with Crippen LogP contribution in [0.2, 0.25) is 0 Å². The first kappa shape index (κ1) is 13.4. The maximum absolute atomic E-state index is 12.8. The maximum atomic E-state index is 12.8. The minimum absolute atomic E-state index is 0.0275. The van der Waals surface area contributed by atoms with Gasteiger partial charge in [-0.25, -0.2) is 4.99 Å². The van der Waals surface area contributed by atoms with Crippen molar-refractivity contribution in [2.45, 2.75) is 12.7 Å². The molecule has 1 N–H and O–H groups in total. The summed E-state index contributed by atoms with van der Waals surface area (Å²) in [5, 5.41) is 2.75. The van der Waals surface area contributed by atoms with Crippen molar-refractivity contribution in [2.24, 2.45) is 4.99 Å². The Hall–Kier alpha value is -2.05. The summed E-state index contributed by atoms with van der Waals surface area (Å²) in [5.41, 5.74) is -0.569. The number of alkyl halides is 3. The number of rotatable bonds is 2. The SMILES string of the molecule is CN1C(=O)CN=C1NCc1ccccc1C(F)(F)F. The fourth-order valence-electron chi connectivity index (χ4n) is 1.77. The van der Waals surface area contributed by atoms with Gasteiger partial charge < -0.3 is 5.32 Å². The summed E-state index contributed by atoms with van der Waals surface area (Å²) in [6, 6.07) is 5.31. The zero-order chi connectivity index (χ0) is 14.0. The van der Waals surface area contributed by atoms with Crippen molar-refractivity contribution in [2.75, 3.05) is 13.6 Å². The van der Waals surface area contributed by atoms with E-state index in [0.29, 0.717) is 5.96 Å². The van der Waals surface area contributed by atoms with Crippen LogP contribution in [0.4, 0.5) is 13.2 Å². The van der Waals surface area contributed by atoms with Gasteiger partial charge in [-0.1, -0.05) is 18.2 Å². The van der Waals surface area contributed by atoms with Gasteiger partial charge in [0.15, 0.2) is 0 Å². The molecule has 1 aliphatic heterocycles. The van der Waals surface area contributed by atoms with Gasteiger partial charge in [-0.3, -0.25) is 9.69 Å². The van der Waals surface area contributed by atoms with Gasteiger partial charge in [-0.2, -0.15) is 13.2 Å². The molecule has 0 fully saturated rings. The van der Waals surface area contributed by atoms with Crippen molar-refractivity contribution in [3.05, 3.63) is 35.4 Å². The van der Waals surface area contributed by atoms with Crippen LogP contribution in [0.15, 0.2) is 29.3 Å². The molecule has 0 radical (unpaired) electrons. The van der Waals surface area contributed by atoms with Crippen molar-refractivity contribution in [1.29, 1.82) is 0 Å². The number of amides is 1. The summed E-state index contributed by atoms with van der Waals surface area (Å²) < 4.78 is 38.3. The molecule has 0 unspecified atom stereocenters. The third-order valence-corrected chi connectivity index (χ3v) is 2.82. The van der Waals surface area contributed by atoms with E-state index in [0.717, 1.165) is 6.07 Å². The van der Waals surface area contributed by atoms with Crippen molar-refractivity contribution >= 4 is 11.9 Å². The Balaban J connectivity index is 2.11. The number of guanidine groups is 1. The van der Waals surface area contributed by atoms with Gasteiger partial charge in [0.1, 0.15) is 6.54 Å². The lowest BCUT2D eigenvalue weighted by atomic mass is 10.1. The van der Waals surface area contributed by atoms with Crippen LogP contribution >= 0.6 is 0 Å². The van der Waals surface area contributed by atoms with E-state index in [9.17, 15) is 18.0 Å².